The van der Waals surface area contributed by atoms with Gasteiger partial charge in [-0.1, -0.05) is 13.8 Å². The van der Waals surface area contributed by atoms with Gasteiger partial charge in [-0.15, -0.1) is 11.3 Å². The SMILES string of the molecule is CNc1cc(C(F)(F)F)cc2sc(C(C)C)nc12. The van der Waals surface area contributed by atoms with Crippen molar-refractivity contribution in [3.8, 4) is 0 Å². The van der Waals surface area contributed by atoms with Gasteiger partial charge in [0.15, 0.2) is 0 Å². The van der Waals surface area contributed by atoms with Crippen LogP contribution in [0.2, 0.25) is 0 Å². The van der Waals surface area contributed by atoms with Crippen molar-refractivity contribution in [3.05, 3.63) is 22.7 Å². The predicted octanol–water partition coefficient (Wildman–Crippen LogP) is 4.48. The number of hydrogen-bond donors (Lipinski definition) is 1. The number of hydrogen-bond acceptors (Lipinski definition) is 3. The Labute approximate surface area is 107 Å². The minimum Gasteiger partial charge on any atom is -0.386 e. The first kappa shape index (κ1) is 13.1. The van der Waals surface area contributed by atoms with E-state index in [9.17, 15) is 13.2 Å². The first-order chi connectivity index (χ1) is 8.32. The van der Waals surface area contributed by atoms with Crippen LogP contribution in [0.3, 0.4) is 0 Å². The monoisotopic (exact) mass is 274 g/mol. The van der Waals surface area contributed by atoms with E-state index in [4.69, 9.17) is 0 Å². The molecule has 1 aromatic heterocycles. The molecular weight excluding hydrogens is 261 g/mol. The summed E-state index contributed by atoms with van der Waals surface area (Å²) >= 11 is 1.31. The van der Waals surface area contributed by atoms with Gasteiger partial charge in [0.25, 0.3) is 0 Å². The highest BCUT2D eigenvalue weighted by Gasteiger charge is 2.32. The first-order valence-corrected chi connectivity index (χ1v) is 6.34. The van der Waals surface area contributed by atoms with Crippen LogP contribution in [0.5, 0.6) is 0 Å². The maximum atomic E-state index is 12.8. The number of thiazole rings is 1. The molecule has 0 atom stereocenters. The third-order valence-corrected chi connectivity index (χ3v) is 3.90. The van der Waals surface area contributed by atoms with Crippen LogP contribution >= 0.6 is 11.3 Å². The van der Waals surface area contributed by atoms with Crippen LogP contribution in [0.1, 0.15) is 30.3 Å². The fourth-order valence-electron chi connectivity index (χ4n) is 1.65. The minimum absolute atomic E-state index is 0.210. The molecule has 0 aliphatic rings. The van der Waals surface area contributed by atoms with E-state index in [0.717, 1.165) is 11.1 Å². The Morgan fingerprint density at radius 2 is 1.94 bits per heavy atom. The van der Waals surface area contributed by atoms with Gasteiger partial charge >= 0.3 is 6.18 Å². The summed E-state index contributed by atoms with van der Waals surface area (Å²) in [6.45, 7) is 3.95. The molecule has 0 bridgehead atoms. The standard InChI is InChI=1S/C12H13F3N2S/c1-6(2)11-17-10-8(16-3)4-7(12(13,14)15)5-9(10)18-11/h4-6,16H,1-3H3. The predicted molar refractivity (Wildman–Crippen MR) is 68.3 cm³/mol. The third kappa shape index (κ3) is 2.29. The topological polar surface area (TPSA) is 24.9 Å². The summed E-state index contributed by atoms with van der Waals surface area (Å²) < 4.78 is 38.8. The first-order valence-electron chi connectivity index (χ1n) is 5.52. The molecule has 0 radical (unpaired) electrons. The summed E-state index contributed by atoms with van der Waals surface area (Å²) in [5.74, 6) is 0.210. The number of rotatable bonds is 2. The minimum atomic E-state index is -4.33. The molecule has 2 nitrogen and oxygen atoms in total. The second kappa shape index (κ2) is 4.42. The molecule has 0 saturated carbocycles. The lowest BCUT2D eigenvalue weighted by Gasteiger charge is -2.09. The Bertz CT molecular complexity index is 572. The van der Waals surface area contributed by atoms with Gasteiger partial charge in [-0.05, 0) is 12.1 Å². The lowest BCUT2D eigenvalue weighted by Crippen LogP contribution is -2.05. The van der Waals surface area contributed by atoms with E-state index < -0.39 is 11.7 Å². The Hall–Kier alpha value is -1.30. The molecule has 1 aromatic carbocycles. The average Bonchev–Trinajstić information content (AvgIpc) is 2.70. The average molecular weight is 274 g/mol. The van der Waals surface area contributed by atoms with Gasteiger partial charge < -0.3 is 5.32 Å². The van der Waals surface area contributed by atoms with Crippen LogP contribution in [-0.2, 0) is 6.18 Å². The molecule has 0 spiro atoms. The summed E-state index contributed by atoms with van der Waals surface area (Å²) in [6, 6.07) is 2.27. The van der Waals surface area contributed by atoms with Gasteiger partial charge in [0.05, 0.1) is 21.0 Å². The second-order valence-corrected chi connectivity index (χ2v) is 5.39. The number of aromatic nitrogens is 1. The molecule has 0 fully saturated rings. The number of fused-ring (bicyclic) bond motifs is 1. The Morgan fingerprint density at radius 3 is 2.44 bits per heavy atom. The Kier molecular flexibility index (Phi) is 3.23. The normalized spacial score (nSPS) is 12.4. The van der Waals surface area contributed by atoms with Crippen LogP contribution < -0.4 is 5.32 Å². The van der Waals surface area contributed by atoms with Gasteiger partial charge in [-0.3, -0.25) is 0 Å². The van der Waals surface area contributed by atoms with E-state index in [0.29, 0.717) is 15.9 Å². The van der Waals surface area contributed by atoms with E-state index in [1.807, 2.05) is 13.8 Å². The van der Waals surface area contributed by atoms with Crippen molar-refractivity contribution in [2.75, 3.05) is 12.4 Å². The molecule has 0 unspecified atom stereocenters. The fraction of sp³-hybridized carbons (Fsp3) is 0.417. The number of anilines is 1. The van der Waals surface area contributed by atoms with Gasteiger partial charge in [-0.2, -0.15) is 13.2 Å². The fourth-order valence-corrected chi connectivity index (χ4v) is 2.68. The van der Waals surface area contributed by atoms with Crippen molar-refractivity contribution in [1.82, 2.24) is 4.98 Å². The second-order valence-electron chi connectivity index (χ2n) is 4.33. The smallest absolute Gasteiger partial charge is 0.386 e. The maximum Gasteiger partial charge on any atom is 0.416 e. The van der Waals surface area contributed by atoms with E-state index in [-0.39, 0.29) is 5.92 Å². The highest BCUT2D eigenvalue weighted by atomic mass is 32.1. The highest BCUT2D eigenvalue weighted by molar-refractivity contribution is 7.18. The van der Waals surface area contributed by atoms with E-state index >= 15 is 0 Å². The largest absolute Gasteiger partial charge is 0.416 e. The zero-order valence-electron chi connectivity index (χ0n) is 10.2. The summed E-state index contributed by atoms with van der Waals surface area (Å²) in [4.78, 5) is 4.39. The van der Waals surface area contributed by atoms with Gasteiger partial charge in [0, 0.05) is 13.0 Å². The van der Waals surface area contributed by atoms with Crippen molar-refractivity contribution in [2.24, 2.45) is 0 Å². The van der Waals surface area contributed by atoms with Gasteiger partial charge in [0.1, 0.15) is 5.52 Å². The van der Waals surface area contributed by atoms with Crippen molar-refractivity contribution in [2.45, 2.75) is 25.9 Å². The van der Waals surface area contributed by atoms with Crippen molar-refractivity contribution >= 4 is 27.2 Å². The molecule has 1 N–H and O–H groups in total. The zero-order chi connectivity index (χ0) is 13.5. The quantitative estimate of drug-likeness (QED) is 0.873. The summed E-state index contributed by atoms with van der Waals surface area (Å²) in [6.07, 6.45) is -4.33. The molecule has 0 amide bonds. The van der Waals surface area contributed by atoms with Crippen LogP contribution in [-0.4, -0.2) is 12.0 Å². The zero-order valence-corrected chi connectivity index (χ0v) is 11.0. The molecule has 6 heteroatoms. The molecule has 0 aliphatic heterocycles. The maximum absolute atomic E-state index is 12.8. The molecule has 18 heavy (non-hydrogen) atoms. The molecule has 0 aliphatic carbocycles. The van der Waals surface area contributed by atoms with E-state index in [1.165, 1.54) is 17.4 Å². The third-order valence-electron chi connectivity index (χ3n) is 2.60. The number of nitrogens with zero attached hydrogens (tertiary/aromatic N) is 1. The number of nitrogens with one attached hydrogen (secondary N) is 1. The lowest BCUT2D eigenvalue weighted by atomic mass is 10.1. The Morgan fingerprint density at radius 1 is 1.28 bits per heavy atom. The van der Waals surface area contributed by atoms with E-state index in [1.54, 1.807) is 7.05 Å². The van der Waals surface area contributed by atoms with Crippen molar-refractivity contribution in [1.29, 1.82) is 0 Å². The highest BCUT2D eigenvalue weighted by Crippen LogP contribution is 2.38. The summed E-state index contributed by atoms with van der Waals surface area (Å²) in [5, 5.41) is 3.63. The van der Waals surface area contributed by atoms with Crippen LogP contribution in [0.15, 0.2) is 12.1 Å². The Balaban J connectivity index is 2.68. The molecular formula is C12H13F3N2S. The molecule has 1 heterocycles. The molecule has 98 valence electrons. The van der Waals surface area contributed by atoms with Crippen LogP contribution in [0, 0.1) is 0 Å². The number of benzene rings is 1. The molecule has 2 rings (SSSR count). The van der Waals surface area contributed by atoms with Crippen molar-refractivity contribution in [3.63, 3.8) is 0 Å². The lowest BCUT2D eigenvalue weighted by molar-refractivity contribution is -0.137. The van der Waals surface area contributed by atoms with Crippen LogP contribution in [0.4, 0.5) is 18.9 Å². The van der Waals surface area contributed by atoms with Crippen molar-refractivity contribution < 1.29 is 13.2 Å². The molecule has 0 saturated heterocycles. The summed E-state index contributed by atoms with van der Waals surface area (Å²) in [5.41, 5.74) is 0.389. The summed E-state index contributed by atoms with van der Waals surface area (Å²) in [7, 11) is 1.60. The number of halogens is 3. The number of alkyl halides is 3. The molecule has 2 aromatic rings. The van der Waals surface area contributed by atoms with E-state index in [2.05, 4.69) is 10.3 Å². The van der Waals surface area contributed by atoms with Gasteiger partial charge in [0.2, 0.25) is 0 Å². The van der Waals surface area contributed by atoms with Crippen LogP contribution in [0.25, 0.3) is 10.2 Å². The van der Waals surface area contributed by atoms with Gasteiger partial charge in [-0.25, -0.2) is 4.98 Å².